The Kier molecular flexibility index (Phi) is 9.68. The zero-order chi connectivity index (χ0) is 18.4. The van der Waals surface area contributed by atoms with E-state index in [0.29, 0.717) is 15.7 Å². The molecule has 1 unspecified atom stereocenters. The van der Waals surface area contributed by atoms with Gasteiger partial charge in [0.2, 0.25) is 5.91 Å². The minimum Gasteiger partial charge on any atom is -0.480 e. The van der Waals surface area contributed by atoms with Gasteiger partial charge in [-0.3, -0.25) is 19.4 Å². The number of hydrogen-bond donors (Lipinski definition) is 2. The third-order valence-electron chi connectivity index (χ3n) is 4.39. The van der Waals surface area contributed by atoms with E-state index in [-0.39, 0.29) is 37.4 Å². The first-order valence-corrected chi connectivity index (χ1v) is 9.00. The summed E-state index contributed by atoms with van der Waals surface area (Å²) in [5, 5.41) is 12.5. The normalized spacial score (nSPS) is 18.1. The summed E-state index contributed by atoms with van der Waals surface area (Å²) < 4.78 is 0. The zero-order valence-electron chi connectivity index (χ0n) is 14.6. The Hall–Kier alpha value is -1.05. The Morgan fingerprint density at radius 3 is 2.54 bits per heavy atom. The number of anilines is 1. The highest BCUT2D eigenvalue weighted by molar-refractivity contribution is 6.39. The molecule has 6 nitrogen and oxygen atoms in total. The van der Waals surface area contributed by atoms with Gasteiger partial charge in [-0.2, -0.15) is 0 Å². The van der Waals surface area contributed by atoms with Crippen molar-refractivity contribution in [3.05, 3.63) is 28.2 Å². The number of para-hydroxylation sites is 1. The van der Waals surface area contributed by atoms with E-state index in [1.807, 2.05) is 11.9 Å². The second kappa shape index (κ2) is 10.9. The second-order valence-corrected chi connectivity index (χ2v) is 7.13. The largest absolute Gasteiger partial charge is 0.480 e. The number of carbonyl (C=O) groups excluding carboxylic acids is 1. The molecule has 1 amide bonds. The summed E-state index contributed by atoms with van der Waals surface area (Å²) in [5.74, 6) is -0.980. The van der Waals surface area contributed by atoms with Crippen LogP contribution in [0.4, 0.5) is 5.69 Å². The van der Waals surface area contributed by atoms with E-state index in [9.17, 15) is 9.59 Å². The van der Waals surface area contributed by atoms with Crippen LogP contribution < -0.4 is 5.32 Å². The molecule has 1 saturated heterocycles. The Labute approximate surface area is 169 Å². The predicted molar refractivity (Wildman–Crippen MR) is 107 cm³/mol. The molecule has 1 aliphatic rings. The van der Waals surface area contributed by atoms with Gasteiger partial charge in [-0.05, 0) is 45.0 Å². The van der Waals surface area contributed by atoms with Crippen LogP contribution in [0.1, 0.15) is 19.3 Å². The molecule has 0 aromatic heterocycles. The van der Waals surface area contributed by atoms with Crippen molar-refractivity contribution in [3.8, 4) is 0 Å². The van der Waals surface area contributed by atoms with Crippen molar-refractivity contribution in [3.63, 3.8) is 0 Å². The molecule has 26 heavy (non-hydrogen) atoms. The van der Waals surface area contributed by atoms with E-state index in [1.165, 1.54) is 0 Å². The number of carboxylic acid groups (broad SMARTS) is 1. The molecule has 9 heteroatoms. The van der Waals surface area contributed by atoms with E-state index >= 15 is 0 Å². The van der Waals surface area contributed by atoms with Crippen LogP contribution in [0.15, 0.2) is 18.2 Å². The third-order valence-corrected chi connectivity index (χ3v) is 5.02. The van der Waals surface area contributed by atoms with Crippen molar-refractivity contribution < 1.29 is 14.7 Å². The topological polar surface area (TPSA) is 72.9 Å². The molecule has 1 heterocycles. The second-order valence-electron chi connectivity index (χ2n) is 6.31. The molecule has 1 fully saturated rings. The number of likely N-dealkylation sites (N-methyl/N-ethyl adjacent to an activating group) is 1. The number of carboxylic acids is 1. The highest BCUT2D eigenvalue weighted by Crippen LogP contribution is 2.29. The van der Waals surface area contributed by atoms with Crippen molar-refractivity contribution in [2.45, 2.75) is 25.3 Å². The minimum absolute atomic E-state index is 0. The average molecular weight is 425 g/mol. The number of halogens is 3. The summed E-state index contributed by atoms with van der Waals surface area (Å²) in [7, 11) is 1.83. The molecule has 0 aliphatic carbocycles. The maximum Gasteiger partial charge on any atom is 0.317 e. The van der Waals surface area contributed by atoms with Crippen molar-refractivity contribution >= 4 is 53.2 Å². The molecule has 1 aliphatic heterocycles. The van der Waals surface area contributed by atoms with Crippen LogP contribution in [0.2, 0.25) is 10.0 Å². The van der Waals surface area contributed by atoms with Crippen molar-refractivity contribution in [2.75, 3.05) is 38.5 Å². The van der Waals surface area contributed by atoms with E-state index in [0.717, 1.165) is 32.4 Å². The van der Waals surface area contributed by atoms with Crippen LogP contribution in [-0.2, 0) is 9.59 Å². The van der Waals surface area contributed by atoms with E-state index in [2.05, 4.69) is 10.2 Å². The van der Waals surface area contributed by atoms with Gasteiger partial charge in [0, 0.05) is 12.6 Å². The first-order valence-electron chi connectivity index (χ1n) is 8.25. The Morgan fingerprint density at radius 1 is 1.27 bits per heavy atom. The predicted octanol–water partition coefficient (Wildman–Crippen LogP) is 3.22. The molecule has 0 radical (unpaired) electrons. The van der Waals surface area contributed by atoms with Crippen LogP contribution in [0.25, 0.3) is 0 Å². The first-order chi connectivity index (χ1) is 11.9. The quantitative estimate of drug-likeness (QED) is 0.733. The van der Waals surface area contributed by atoms with E-state index in [1.54, 1.807) is 18.2 Å². The van der Waals surface area contributed by atoms with E-state index in [4.69, 9.17) is 28.3 Å². The maximum atomic E-state index is 12.3. The highest BCUT2D eigenvalue weighted by atomic mass is 35.5. The number of nitrogens with zero attached hydrogens (tertiary/aromatic N) is 2. The van der Waals surface area contributed by atoms with Gasteiger partial charge in [0.25, 0.3) is 0 Å². The van der Waals surface area contributed by atoms with Gasteiger partial charge in [0.05, 0.1) is 28.8 Å². The highest BCUT2D eigenvalue weighted by Gasteiger charge is 2.23. The molecule has 2 rings (SSSR count). The monoisotopic (exact) mass is 423 g/mol. The Balaban J connectivity index is 0.00000338. The lowest BCUT2D eigenvalue weighted by molar-refractivity contribution is -0.138. The molecule has 1 aromatic rings. The third kappa shape index (κ3) is 6.93. The lowest BCUT2D eigenvalue weighted by atomic mass is 10.1. The molecule has 2 N–H and O–H groups in total. The number of hydrogen-bond acceptors (Lipinski definition) is 4. The van der Waals surface area contributed by atoms with E-state index < -0.39 is 5.97 Å². The van der Waals surface area contributed by atoms with Crippen LogP contribution in [-0.4, -0.2) is 66.1 Å². The number of aliphatic carboxylic acids is 1. The molecule has 0 saturated carbocycles. The van der Waals surface area contributed by atoms with Gasteiger partial charge >= 0.3 is 5.97 Å². The molecule has 146 valence electrons. The molecule has 1 atom stereocenters. The fraction of sp³-hybridized carbons (Fsp3) is 0.529. The number of carbonyl (C=O) groups is 2. The maximum absolute atomic E-state index is 12.3. The number of benzene rings is 1. The van der Waals surface area contributed by atoms with Crippen LogP contribution in [0.3, 0.4) is 0 Å². The Bertz CT molecular complexity index is 610. The van der Waals surface area contributed by atoms with Crippen molar-refractivity contribution in [1.82, 2.24) is 9.80 Å². The molecular weight excluding hydrogens is 401 g/mol. The van der Waals surface area contributed by atoms with Crippen molar-refractivity contribution in [1.29, 1.82) is 0 Å². The number of rotatable bonds is 6. The number of amides is 1. The summed E-state index contributed by atoms with van der Waals surface area (Å²) in [5.41, 5.74) is 0.435. The molecule has 0 spiro atoms. The van der Waals surface area contributed by atoms with Crippen LogP contribution in [0, 0.1) is 0 Å². The number of likely N-dealkylation sites (tertiary alicyclic amines) is 1. The summed E-state index contributed by atoms with van der Waals surface area (Å²) in [4.78, 5) is 27.1. The lowest BCUT2D eigenvalue weighted by Gasteiger charge is -2.25. The van der Waals surface area contributed by atoms with Crippen LogP contribution >= 0.6 is 35.6 Å². The number of nitrogens with one attached hydrogen (secondary N) is 1. The smallest absolute Gasteiger partial charge is 0.317 e. The van der Waals surface area contributed by atoms with Crippen molar-refractivity contribution in [2.24, 2.45) is 0 Å². The van der Waals surface area contributed by atoms with Gasteiger partial charge in [0.15, 0.2) is 0 Å². The standard InChI is InChI=1S/C17H23Cl2N3O3.ClH/c1-21(11-16(24)25)12-4-3-8-22(9-7-12)10-15(23)20-17-13(18)5-2-6-14(17)19;/h2,5-6,12H,3-4,7-11H2,1H3,(H,20,23)(H,24,25);1H. The summed E-state index contributed by atoms with van der Waals surface area (Å²) in [6, 6.07) is 5.31. The summed E-state index contributed by atoms with van der Waals surface area (Å²) in [6.07, 6.45) is 2.69. The van der Waals surface area contributed by atoms with Gasteiger partial charge in [-0.1, -0.05) is 29.3 Å². The molecular formula is C17H24Cl3N3O3. The fourth-order valence-corrected chi connectivity index (χ4v) is 3.57. The Morgan fingerprint density at radius 2 is 1.92 bits per heavy atom. The summed E-state index contributed by atoms with van der Waals surface area (Å²) >= 11 is 12.1. The van der Waals surface area contributed by atoms with Crippen LogP contribution in [0.5, 0.6) is 0 Å². The zero-order valence-corrected chi connectivity index (χ0v) is 16.9. The van der Waals surface area contributed by atoms with Gasteiger partial charge in [-0.15, -0.1) is 12.4 Å². The minimum atomic E-state index is -0.820. The SMILES string of the molecule is CN(CC(=O)O)C1CCCN(CC(=O)Nc2c(Cl)cccc2Cl)CC1.Cl. The van der Waals surface area contributed by atoms with Gasteiger partial charge in [-0.25, -0.2) is 0 Å². The molecule has 0 bridgehead atoms. The van der Waals surface area contributed by atoms with Gasteiger partial charge < -0.3 is 10.4 Å². The summed E-state index contributed by atoms with van der Waals surface area (Å²) in [6.45, 7) is 1.85. The van der Waals surface area contributed by atoms with Gasteiger partial charge in [0.1, 0.15) is 0 Å². The lowest BCUT2D eigenvalue weighted by Crippen LogP contribution is -2.37. The first kappa shape index (κ1) is 23.0. The molecule has 1 aromatic carbocycles. The average Bonchev–Trinajstić information content (AvgIpc) is 2.76. The fourth-order valence-electron chi connectivity index (χ4n) is 3.08.